The Morgan fingerprint density at radius 2 is 2.00 bits per heavy atom. The molecule has 0 aliphatic carbocycles. The summed E-state index contributed by atoms with van der Waals surface area (Å²) in [5.74, 6) is -0.511. The third-order valence-electron chi connectivity index (χ3n) is 2.17. The summed E-state index contributed by atoms with van der Waals surface area (Å²) in [7, 11) is 0. The molecule has 18 heavy (non-hydrogen) atoms. The van der Waals surface area contributed by atoms with E-state index in [9.17, 15) is 9.59 Å². The molecule has 4 nitrogen and oxygen atoms in total. The van der Waals surface area contributed by atoms with Gasteiger partial charge in [-0.15, -0.1) is 0 Å². The van der Waals surface area contributed by atoms with E-state index >= 15 is 0 Å². The zero-order valence-electron chi connectivity index (χ0n) is 10.1. The lowest BCUT2D eigenvalue weighted by Crippen LogP contribution is -2.37. The van der Waals surface area contributed by atoms with Crippen LogP contribution < -0.4 is 10.6 Å². The molecule has 0 aliphatic rings. The average Bonchev–Trinajstić information content (AvgIpc) is 2.33. The summed E-state index contributed by atoms with van der Waals surface area (Å²) < 4.78 is 0.681. The van der Waals surface area contributed by atoms with Crippen molar-refractivity contribution < 1.29 is 9.59 Å². The van der Waals surface area contributed by atoms with Gasteiger partial charge in [-0.3, -0.25) is 9.59 Å². The minimum atomic E-state index is -0.258. The van der Waals surface area contributed by atoms with Crippen molar-refractivity contribution in [1.29, 1.82) is 0 Å². The fourth-order valence-corrected chi connectivity index (χ4v) is 1.45. The summed E-state index contributed by atoms with van der Waals surface area (Å²) in [5, 5.41) is 5.15. The van der Waals surface area contributed by atoms with Gasteiger partial charge in [0.05, 0.1) is 6.54 Å². The zero-order chi connectivity index (χ0) is 13.5. The molecule has 2 amide bonds. The summed E-state index contributed by atoms with van der Waals surface area (Å²) in [4.78, 5) is 23.1. The van der Waals surface area contributed by atoms with Gasteiger partial charge in [0, 0.05) is 16.6 Å². The molecule has 1 aromatic carbocycles. The monoisotopic (exact) mass is 310 g/mol. The quantitative estimate of drug-likeness (QED) is 0.870. The van der Waals surface area contributed by atoms with E-state index in [0.29, 0.717) is 16.6 Å². The molecule has 0 unspecified atom stereocenters. The summed E-state index contributed by atoms with van der Waals surface area (Å²) in [6.45, 7) is 5.80. The van der Waals surface area contributed by atoms with E-state index in [0.717, 1.165) is 5.56 Å². The number of halogens is 1. The second-order valence-electron chi connectivity index (χ2n) is 3.85. The van der Waals surface area contributed by atoms with E-state index in [4.69, 9.17) is 0 Å². The van der Waals surface area contributed by atoms with Crippen LogP contribution in [0.25, 0.3) is 0 Å². The molecule has 1 aromatic rings. The molecule has 0 radical (unpaired) electrons. The van der Waals surface area contributed by atoms with Gasteiger partial charge in [-0.25, -0.2) is 0 Å². The SMILES string of the molecule is C=C(Br)CNC(=O)CNC(=O)c1cccc(C)c1. The van der Waals surface area contributed by atoms with E-state index in [1.807, 2.05) is 13.0 Å². The molecular formula is C13H15BrN2O2. The van der Waals surface area contributed by atoms with E-state index < -0.39 is 0 Å². The smallest absolute Gasteiger partial charge is 0.251 e. The highest BCUT2D eigenvalue weighted by molar-refractivity contribution is 9.11. The molecule has 2 N–H and O–H groups in total. The Balaban J connectivity index is 2.42. The van der Waals surface area contributed by atoms with Crippen LogP contribution in [-0.4, -0.2) is 24.9 Å². The van der Waals surface area contributed by atoms with Crippen LogP contribution in [0.3, 0.4) is 0 Å². The van der Waals surface area contributed by atoms with Gasteiger partial charge in [0.2, 0.25) is 5.91 Å². The van der Waals surface area contributed by atoms with E-state index in [-0.39, 0.29) is 18.4 Å². The Bertz CT molecular complexity index is 472. The average molecular weight is 311 g/mol. The highest BCUT2D eigenvalue weighted by Gasteiger charge is 2.07. The third-order valence-corrected chi connectivity index (χ3v) is 2.45. The van der Waals surface area contributed by atoms with Crippen molar-refractivity contribution in [3.8, 4) is 0 Å². The molecule has 0 spiro atoms. The molecule has 96 valence electrons. The van der Waals surface area contributed by atoms with Crippen molar-refractivity contribution in [2.45, 2.75) is 6.92 Å². The fraction of sp³-hybridized carbons (Fsp3) is 0.231. The summed E-state index contributed by atoms with van der Waals surface area (Å²) in [6.07, 6.45) is 0. The lowest BCUT2D eigenvalue weighted by Gasteiger charge is -2.06. The van der Waals surface area contributed by atoms with Crippen LogP contribution in [0.5, 0.6) is 0 Å². The minimum Gasteiger partial charge on any atom is -0.350 e. The molecule has 0 aliphatic heterocycles. The number of benzene rings is 1. The van der Waals surface area contributed by atoms with Gasteiger partial charge in [0.25, 0.3) is 5.91 Å². The van der Waals surface area contributed by atoms with Gasteiger partial charge in [-0.2, -0.15) is 0 Å². The fourth-order valence-electron chi connectivity index (χ4n) is 1.31. The molecule has 0 heterocycles. The standard InChI is InChI=1S/C13H15BrN2O2/c1-9-4-3-5-11(6-9)13(18)16-8-12(17)15-7-10(2)14/h3-6H,2,7-8H2,1H3,(H,15,17)(H,16,18). The summed E-state index contributed by atoms with van der Waals surface area (Å²) in [5.41, 5.74) is 1.55. The lowest BCUT2D eigenvalue weighted by atomic mass is 10.1. The maximum absolute atomic E-state index is 11.7. The third kappa shape index (κ3) is 5.14. The van der Waals surface area contributed by atoms with Gasteiger partial charge in [-0.1, -0.05) is 40.2 Å². The highest BCUT2D eigenvalue weighted by Crippen LogP contribution is 2.03. The van der Waals surface area contributed by atoms with Gasteiger partial charge in [-0.05, 0) is 19.1 Å². The van der Waals surface area contributed by atoms with Crippen LogP contribution in [0.1, 0.15) is 15.9 Å². The van der Waals surface area contributed by atoms with E-state index in [2.05, 4.69) is 33.1 Å². The van der Waals surface area contributed by atoms with Crippen molar-refractivity contribution in [3.05, 3.63) is 46.5 Å². The van der Waals surface area contributed by atoms with Crippen LogP contribution in [0.4, 0.5) is 0 Å². The minimum absolute atomic E-state index is 0.0486. The molecular weight excluding hydrogens is 296 g/mol. The van der Waals surface area contributed by atoms with Crippen molar-refractivity contribution in [2.24, 2.45) is 0 Å². The van der Waals surface area contributed by atoms with Crippen LogP contribution in [0.2, 0.25) is 0 Å². The Morgan fingerprint density at radius 1 is 1.28 bits per heavy atom. The predicted octanol–water partition coefficient (Wildman–Crippen LogP) is 1.75. The van der Waals surface area contributed by atoms with Crippen molar-refractivity contribution in [1.82, 2.24) is 10.6 Å². The van der Waals surface area contributed by atoms with Crippen LogP contribution in [-0.2, 0) is 4.79 Å². The van der Waals surface area contributed by atoms with Crippen molar-refractivity contribution in [2.75, 3.05) is 13.1 Å². The largest absolute Gasteiger partial charge is 0.350 e. The number of hydrogen-bond acceptors (Lipinski definition) is 2. The first-order valence-corrected chi connectivity index (χ1v) is 6.23. The molecule has 0 fully saturated rings. The molecule has 0 saturated heterocycles. The number of amides is 2. The van der Waals surface area contributed by atoms with Gasteiger partial charge < -0.3 is 10.6 Å². The predicted molar refractivity (Wildman–Crippen MR) is 74.6 cm³/mol. The first-order chi connectivity index (χ1) is 8.49. The summed E-state index contributed by atoms with van der Waals surface area (Å²) in [6, 6.07) is 7.19. The molecule has 0 bridgehead atoms. The first kappa shape index (κ1) is 14.4. The van der Waals surface area contributed by atoms with Crippen molar-refractivity contribution >= 4 is 27.7 Å². The van der Waals surface area contributed by atoms with Crippen molar-refractivity contribution in [3.63, 3.8) is 0 Å². The molecule has 5 heteroatoms. The summed E-state index contributed by atoms with van der Waals surface area (Å²) >= 11 is 3.13. The Morgan fingerprint density at radius 3 is 2.61 bits per heavy atom. The molecule has 0 aromatic heterocycles. The number of hydrogen-bond donors (Lipinski definition) is 2. The normalized spacial score (nSPS) is 9.67. The Hall–Kier alpha value is -1.62. The van der Waals surface area contributed by atoms with Gasteiger partial charge in [0.1, 0.15) is 0 Å². The number of carbonyl (C=O) groups is 2. The number of carbonyl (C=O) groups excluding carboxylic acids is 2. The maximum atomic E-state index is 11.7. The van der Waals surface area contributed by atoms with Gasteiger partial charge in [0.15, 0.2) is 0 Å². The first-order valence-electron chi connectivity index (χ1n) is 5.44. The zero-order valence-corrected chi connectivity index (χ0v) is 11.7. The second kappa shape index (κ2) is 6.96. The lowest BCUT2D eigenvalue weighted by molar-refractivity contribution is -0.119. The molecule has 0 saturated carbocycles. The highest BCUT2D eigenvalue weighted by atomic mass is 79.9. The van der Waals surface area contributed by atoms with E-state index in [1.54, 1.807) is 18.2 Å². The Kier molecular flexibility index (Phi) is 5.58. The topological polar surface area (TPSA) is 58.2 Å². The molecule has 1 rings (SSSR count). The maximum Gasteiger partial charge on any atom is 0.251 e. The number of nitrogens with one attached hydrogen (secondary N) is 2. The van der Waals surface area contributed by atoms with Gasteiger partial charge >= 0.3 is 0 Å². The number of aryl methyl sites for hydroxylation is 1. The van der Waals surface area contributed by atoms with Crippen LogP contribution in [0, 0.1) is 6.92 Å². The van der Waals surface area contributed by atoms with Crippen LogP contribution >= 0.6 is 15.9 Å². The second-order valence-corrected chi connectivity index (χ2v) is 4.97. The Labute approximate surface area is 115 Å². The number of rotatable bonds is 5. The van der Waals surface area contributed by atoms with E-state index in [1.165, 1.54) is 0 Å². The molecule has 0 atom stereocenters. The van der Waals surface area contributed by atoms with Crippen LogP contribution in [0.15, 0.2) is 35.3 Å².